The molecular weight excluding hydrogens is 330 g/mol. The summed E-state index contributed by atoms with van der Waals surface area (Å²) in [6.07, 6.45) is 6.98. The quantitative estimate of drug-likeness (QED) is 0.785. The number of fused-ring (bicyclic) bond motifs is 2. The molecule has 0 saturated carbocycles. The Bertz CT molecular complexity index is 557. The summed E-state index contributed by atoms with van der Waals surface area (Å²) in [6, 6.07) is 0.278. The third-order valence-electron chi connectivity index (χ3n) is 4.13. The van der Waals surface area contributed by atoms with Crippen molar-refractivity contribution in [2.75, 3.05) is 0 Å². The monoisotopic (exact) mass is 347 g/mol. The zero-order valence-electron chi connectivity index (χ0n) is 10.9. The van der Waals surface area contributed by atoms with Crippen LogP contribution in [0.25, 0.3) is 0 Å². The minimum Gasteiger partial charge on any atom is -0.336 e. The van der Waals surface area contributed by atoms with Crippen molar-refractivity contribution in [3.63, 3.8) is 0 Å². The Morgan fingerprint density at radius 1 is 1.37 bits per heavy atom. The van der Waals surface area contributed by atoms with Crippen LogP contribution in [0.3, 0.4) is 0 Å². The van der Waals surface area contributed by atoms with E-state index in [1.807, 2.05) is 6.92 Å². The average molecular weight is 348 g/mol. The van der Waals surface area contributed by atoms with Gasteiger partial charge in [-0.25, -0.2) is 13.4 Å². The first-order valence-electron chi connectivity index (χ1n) is 6.71. The van der Waals surface area contributed by atoms with Crippen molar-refractivity contribution in [1.29, 1.82) is 0 Å². The van der Waals surface area contributed by atoms with E-state index in [0.29, 0.717) is 4.83 Å². The van der Waals surface area contributed by atoms with Crippen molar-refractivity contribution in [3.05, 3.63) is 12.5 Å². The molecule has 3 rings (SSSR count). The lowest BCUT2D eigenvalue weighted by atomic mass is 10.1. The van der Waals surface area contributed by atoms with Crippen molar-refractivity contribution in [1.82, 2.24) is 13.9 Å². The highest BCUT2D eigenvalue weighted by Crippen LogP contribution is 2.41. The number of imidazole rings is 1. The zero-order chi connectivity index (χ0) is 13.6. The molecule has 1 aromatic heterocycles. The van der Waals surface area contributed by atoms with Gasteiger partial charge in [-0.15, -0.1) is 0 Å². The summed E-state index contributed by atoms with van der Waals surface area (Å²) in [5.74, 6) is 0. The number of aromatic nitrogens is 2. The molecule has 2 atom stereocenters. The smallest absolute Gasteiger partial charge is 0.262 e. The third-order valence-corrected chi connectivity index (χ3v) is 6.76. The van der Waals surface area contributed by atoms with E-state index in [4.69, 9.17) is 0 Å². The fourth-order valence-corrected chi connectivity index (χ4v) is 5.91. The van der Waals surface area contributed by atoms with Gasteiger partial charge < -0.3 is 4.57 Å². The highest BCUT2D eigenvalue weighted by Gasteiger charge is 2.47. The van der Waals surface area contributed by atoms with Crippen LogP contribution in [0.4, 0.5) is 0 Å². The van der Waals surface area contributed by atoms with Gasteiger partial charge in [-0.3, -0.25) is 0 Å². The summed E-state index contributed by atoms with van der Waals surface area (Å²) in [5, 5.41) is 0.194. The molecule has 0 radical (unpaired) electrons. The van der Waals surface area contributed by atoms with Crippen LogP contribution in [0.1, 0.15) is 32.6 Å². The largest absolute Gasteiger partial charge is 0.336 e. The van der Waals surface area contributed by atoms with Crippen LogP contribution in [0.2, 0.25) is 0 Å². The van der Waals surface area contributed by atoms with Gasteiger partial charge in [0, 0.05) is 29.7 Å². The van der Waals surface area contributed by atoms with Gasteiger partial charge in [0.15, 0.2) is 5.03 Å². The molecule has 2 saturated heterocycles. The molecule has 2 fully saturated rings. The standard InChI is InChI=1S/C12H18BrN3O2S/c1-2-15-7-12(14-8-15)19(17,18)16-10-3-4-11(16)6-9(13)5-10/h7-11H,2-6H2,1H3. The highest BCUT2D eigenvalue weighted by molar-refractivity contribution is 9.09. The van der Waals surface area contributed by atoms with E-state index in [-0.39, 0.29) is 17.1 Å². The molecule has 0 N–H and O–H groups in total. The lowest BCUT2D eigenvalue weighted by molar-refractivity contribution is 0.254. The second kappa shape index (κ2) is 4.86. The van der Waals surface area contributed by atoms with Crippen LogP contribution in [0, 0.1) is 0 Å². The average Bonchev–Trinajstić information content (AvgIpc) is 2.93. The van der Waals surface area contributed by atoms with Gasteiger partial charge in [-0.05, 0) is 32.6 Å². The Kier molecular flexibility index (Phi) is 3.47. The number of hydrogen-bond donors (Lipinski definition) is 0. The van der Waals surface area contributed by atoms with E-state index in [2.05, 4.69) is 20.9 Å². The first-order valence-corrected chi connectivity index (χ1v) is 9.07. The SMILES string of the molecule is CCn1cnc(S(=O)(=O)N2C3CCC2CC(Br)C3)c1. The molecule has 0 spiro atoms. The van der Waals surface area contributed by atoms with Crippen molar-refractivity contribution in [2.45, 2.75) is 61.1 Å². The Labute approximate surface area is 122 Å². The van der Waals surface area contributed by atoms with E-state index in [1.165, 1.54) is 0 Å². The summed E-state index contributed by atoms with van der Waals surface area (Å²) >= 11 is 3.63. The normalized spacial score (nSPS) is 31.8. The van der Waals surface area contributed by atoms with Gasteiger partial charge in [-0.1, -0.05) is 15.9 Å². The van der Waals surface area contributed by atoms with Crippen molar-refractivity contribution in [3.8, 4) is 0 Å². The van der Waals surface area contributed by atoms with Gasteiger partial charge in [0.05, 0.1) is 6.33 Å². The van der Waals surface area contributed by atoms with E-state index in [1.54, 1.807) is 21.4 Å². The van der Waals surface area contributed by atoms with E-state index >= 15 is 0 Å². The molecule has 2 aliphatic heterocycles. The van der Waals surface area contributed by atoms with Crippen molar-refractivity contribution >= 4 is 26.0 Å². The van der Waals surface area contributed by atoms with Gasteiger partial charge in [0.1, 0.15) is 0 Å². The maximum atomic E-state index is 12.7. The second-order valence-corrected chi connectivity index (χ2v) is 8.42. The molecular formula is C12H18BrN3O2S. The molecule has 0 aliphatic carbocycles. The zero-order valence-corrected chi connectivity index (χ0v) is 13.3. The molecule has 2 bridgehead atoms. The molecule has 2 aliphatic rings. The minimum atomic E-state index is -3.43. The van der Waals surface area contributed by atoms with Crippen molar-refractivity contribution < 1.29 is 8.42 Å². The highest BCUT2D eigenvalue weighted by atomic mass is 79.9. The van der Waals surface area contributed by atoms with Crippen LogP contribution < -0.4 is 0 Å². The Morgan fingerprint density at radius 2 is 2.00 bits per heavy atom. The summed E-state index contributed by atoms with van der Waals surface area (Å²) in [7, 11) is -3.43. The molecule has 2 unspecified atom stereocenters. The maximum absolute atomic E-state index is 12.7. The lowest BCUT2D eigenvalue weighted by Gasteiger charge is -2.35. The fourth-order valence-electron chi connectivity index (χ4n) is 3.21. The number of piperidine rings is 1. The Morgan fingerprint density at radius 3 is 2.53 bits per heavy atom. The lowest BCUT2D eigenvalue weighted by Crippen LogP contribution is -2.46. The number of nitrogens with zero attached hydrogens (tertiary/aromatic N) is 3. The number of alkyl halides is 1. The predicted molar refractivity (Wildman–Crippen MR) is 75.7 cm³/mol. The van der Waals surface area contributed by atoms with Crippen LogP contribution in [-0.2, 0) is 16.6 Å². The predicted octanol–water partition coefficient (Wildman–Crippen LogP) is 1.98. The Hall–Kier alpha value is -0.400. The van der Waals surface area contributed by atoms with Crippen LogP contribution in [-0.4, -0.2) is 39.2 Å². The number of hydrogen-bond acceptors (Lipinski definition) is 3. The summed E-state index contributed by atoms with van der Waals surface area (Å²) in [6.45, 7) is 2.71. The van der Waals surface area contributed by atoms with Crippen molar-refractivity contribution in [2.24, 2.45) is 0 Å². The first-order chi connectivity index (χ1) is 9.02. The van der Waals surface area contributed by atoms with Crippen LogP contribution >= 0.6 is 15.9 Å². The molecule has 7 heteroatoms. The van der Waals surface area contributed by atoms with Gasteiger partial charge in [-0.2, -0.15) is 4.31 Å². The van der Waals surface area contributed by atoms with Crippen LogP contribution in [0.5, 0.6) is 0 Å². The van der Waals surface area contributed by atoms with E-state index in [9.17, 15) is 8.42 Å². The number of sulfonamides is 1. The maximum Gasteiger partial charge on any atom is 0.262 e. The molecule has 0 amide bonds. The van der Waals surface area contributed by atoms with E-state index in [0.717, 1.165) is 32.2 Å². The molecule has 5 nitrogen and oxygen atoms in total. The molecule has 3 heterocycles. The number of rotatable bonds is 3. The molecule has 1 aromatic rings. The molecule has 106 valence electrons. The van der Waals surface area contributed by atoms with Gasteiger partial charge >= 0.3 is 0 Å². The van der Waals surface area contributed by atoms with Gasteiger partial charge in [0.2, 0.25) is 0 Å². The second-order valence-electron chi connectivity index (χ2n) is 5.33. The van der Waals surface area contributed by atoms with Crippen LogP contribution in [0.15, 0.2) is 17.6 Å². The topological polar surface area (TPSA) is 55.2 Å². The fraction of sp³-hybridized carbons (Fsp3) is 0.750. The summed E-state index contributed by atoms with van der Waals surface area (Å²) in [5.41, 5.74) is 0. The summed E-state index contributed by atoms with van der Waals surface area (Å²) in [4.78, 5) is 4.52. The molecule has 19 heavy (non-hydrogen) atoms. The first kappa shape index (κ1) is 13.6. The third kappa shape index (κ3) is 2.25. The summed E-state index contributed by atoms with van der Waals surface area (Å²) < 4.78 is 29.0. The van der Waals surface area contributed by atoms with E-state index < -0.39 is 10.0 Å². The van der Waals surface area contributed by atoms with Gasteiger partial charge in [0.25, 0.3) is 10.0 Å². The number of aryl methyl sites for hydroxylation is 1. The molecule has 0 aromatic carbocycles. The Balaban J connectivity index is 1.93. The number of halogens is 1. The minimum absolute atomic E-state index is 0.139.